The van der Waals surface area contributed by atoms with E-state index in [1.807, 2.05) is 0 Å². The highest BCUT2D eigenvalue weighted by atomic mass is 19.2. The van der Waals surface area contributed by atoms with Crippen LogP contribution in [-0.2, 0) is 4.74 Å². The van der Waals surface area contributed by atoms with Gasteiger partial charge in [0.15, 0.2) is 11.6 Å². The van der Waals surface area contributed by atoms with Gasteiger partial charge in [0, 0.05) is 11.9 Å². The molecule has 1 fully saturated rings. The van der Waals surface area contributed by atoms with Gasteiger partial charge < -0.3 is 20.8 Å². The lowest BCUT2D eigenvalue weighted by atomic mass is 9.97. The molecule has 4 N–H and O–H groups in total. The summed E-state index contributed by atoms with van der Waals surface area (Å²) in [5.74, 6) is -2.32. The van der Waals surface area contributed by atoms with E-state index in [1.54, 1.807) is 0 Å². The number of H-pyrrole nitrogens is 1. The second-order valence-electron chi connectivity index (χ2n) is 5.40. The average molecular weight is 295 g/mol. The van der Waals surface area contributed by atoms with Crippen LogP contribution in [0.25, 0.3) is 10.9 Å². The van der Waals surface area contributed by atoms with Crippen LogP contribution in [0.2, 0.25) is 0 Å². The Hall–Kier alpha value is -1.99. The number of benzene rings is 1. The van der Waals surface area contributed by atoms with Crippen molar-refractivity contribution in [2.45, 2.75) is 12.5 Å². The molecule has 0 radical (unpaired) electrons. The third-order valence-electron chi connectivity index (χ3n) is 3.75. The van der Waals surface area contributed by atoms with Gasteiger partial charge in [0.2, 0.25) is 0 Å². The van der Waals surface area contributed by atoms with Crippen LogP contribution in [0.5, 0.6) is 0 Å². The standard InChI is InChI=1S/C14H15F2N3O2/c1-7-2-8-3-9(18-12(8)11(16)10(7)15)13(20)19-14(4-17)5-21-6-14/h2-3,18H,4-6,17H2,1H3,(H,19,20). The van der Waals surface area contributed by atoms with Crippen LogP contribution in [0, 0.1) is 18.6 Å². The predicted molar refractivity (Wildman–Crippen MR) is 73.0 cm³/mol. The summed E-state index contributed by atoms with van der Waals surface area (Å²) < 4.78 is 32.4. The van der Waals surface area contributed by atoms with E-state index in [4.69, 9.17) is 10.5 Å². The molecular weight excluding hydrogens is 280 g/mol. The zero-order valence-electron chi connectivity index (χ0n) is 11.4. The summed E-state index contributed by atoms with van der Waals surface area (Å²) in [6, 6.07) is 2.98. The minimum absolute atomic E-state index is 0.0186. The smallest absolute Gasteiger partial charge is 0.268 e. The fourth-order valence-corrected chi connectivity index (χ4v) is 2.37. The first-order chi connectivity index (χ1) is 9.96. The van der Waals surface area contributed by atoms with Gasteiger partial charge in [-0.25, -0.2) is 8.78 Å². The van der Waals surface area contributed by atoms with Crippen molar-refractivity contribution in [1.29, 1.82) is 0 Å². The largest absolute Gasteiger partial charge is 0.376 e. The number of nitrogens with one attached hydrogen (secondary N) is 2. The number of halogens is 2. The first-order valence-corrected chi connectivity index (χ1v) is 6.53. The van der Waals surface area contributed by atoms with E-state index in [2.05, 4.69) is 10.3 Å². The number of ether oxygens (including phenoxy) is 1. The highest BCUT2D eigenvalue weighted by Crippen LogP contribution is 2.24. The number of fused-ring (bicyclic) bond motifs is 1. The van der Waals surface area contributed by atoms with Gasteiger partial charge in [-0.15, -0.1) is 0 Å². The molecule has 0 spiro atoms. The van der Waals surface area contributed by atoms with Gasteiger partial charge in [-0.05, 0) is 24.6 Å². The van der Waals surface area contributed by atoms with E-state index in [-0.39, 0.29) is 23.3 Å². The van der Waals surface area contributed by atoms with Crippen molar-refractivity contribution in [3.8, 4) is 0 Å². The molecule has 1 saturated heterocycles. The molecule has 0 aliphatic carbocycles. The number of amides is 1. The number of nitrogens with two attached hydrogens (primary N) is 1. The summed E-state index contributed by atoms with van der Waals surface area (Å²) in [6.07, 6.45) is 0. The van der Waals surface area contributed by atoms with Gasteiger partial charge in [0.25, 0.3) is 5.91 Å². The van der Waals surface area contributed by atoms with Crippen molar-refractivity contribution in [3.63, 3.8) is 0 Å². The lowest BCUT2D eigenvalue weighted by Gasteiger charge is -2.40. The monoisotopic (exact) mass is 295 g/mol. The second-order valence-corrected chi connectivity index (χ2v) is 5.40. The number of carbonyl (C=O) groups excluding carboxylic acids is 1. The fourth-order valence-electron chi connectivity index (χ4n) is 2.37. The molecule has 5 nitrogen and oxygen atoms in total. The maximum atomic E-state index is 13.8. The maximum Gasteiger partial charge on any atom is 0.268 e. The van der Waals surface area contributed by atoms with Crippen LogP contribution in [0.15, 0.2) is 12.1 Å². The van der Waals surface area contributed by atoms with Crippen LogP contribution < -0.4 is 11.1 Å². The Bertz CT molecular complexity index is 717. The van der Waals surface area contributed by atoms with Crippen molar-refractivity contribution >= 4 is 16.8 Å². The molecule has 0 saturated carbocycles. The number of hydrogen-bond acceptors (Lipinski definition) is 3. The second kappa shape index (κ2) is 4.78. The highest BCUT2D eigenvalue weighted by molar-refractivity contribution is 5.98. The van der Waals surface area contributed by atoms with E-state index in [1.165, 1.54) is 19.1 Å². The topological polar surface area (TPSA) is 80.1 Å². The van der Waals surface area contributed by atoms with Gasteiger partial charge in [0.05, 0.1) is 24.3 Å². The molecular formula is C14H15F2N3O2. The van der Waals surface area contributed by atoms with E-state index in [9.17, 15) is 13.6 Å². The molecule has 2 aromatic rings. The Morgan fingerprint density at radius 1 is 1.43 bits per heavy atom. The average Bonchev–Trinajstić information content (AvgIpc) is 2.84. The molecule has 1 aliphatic rings. The van der Waals surface area contributed by atoms with Gasteiger partial charge in [-0.1, -0.05) is 0 Å². The Morgan fingerprint density at radius 3 is 2.71 bits per heavy atom. The number of aromatic nitrogens is 1. The molecule has 1 aromatic carbocycles. The summed E-state index contributed by atoms with van der Waals surface area (Å²) >= 11 is 0. The summed E-state index contributed by atoms with van der Waals surface area (Å²) in [4.78, 5) is 14.8. The third kappa shape index (κ3) is 2.18. The van der Waals surface area contributed by atoms with Crippen molar-refractivity contribution in [2.75, 3.05) is 19.8 Å². The first-order valence-electron chi connectivity index (χ1n) is 6.53. The minimum Gasteiger partial charge on any atom is -0.376 e. The molecule has 21 heavy (non-hydrogen) atoms. The summed E-state index contributed by atoms with van der Waals surface area (Å²) in [6.45, 7) is 2.41. The number of aromatic amines is 1. The SMILES string of the molecule is Cc1cc2cc(C(=O)NC3(CN)COC3)[nH]c2c(F)c1F. The molecule has 1 amide bonds. The van der Waals surface area contributed by atoms with Crippen LogP contribution >= 0.6 is 0 Å². The number of hydrogen-bond donors (Lipinski definition) is 3. The Kier molecular flexibility index (Phi) is 3.18. The number of rotatable bonds is 3. The number of aryl methyl sites for hydroxylation is 1. The minimum atomic E-state index is -0.982. The molecule has 2 heterocycles. The third-order valence-corrected chi connectivity index (χ3v) is 3.75. The van der Waals surface area contributed by atoms with Crippen molar-refractivity contribution in [1.82, 2.24) is 10.3 Å². The lowest BCUT2D eigenvalue weighted by Crippen LogP contribution is -2.66. The maximum absolute atomic E-state index is 13.8. The molecule has 0 bridgehead atoms. The quantitative estimate of drug-likeness (QED) is 0.796. The van der Waals surface area contributed by atoms with E-state index >= 15 is 0 Å². The molecule has 7 heteroatoms. The summed E-state index contributed by atoms with van der Waals surface area (Å²) in [7, 11) is 0. The van der Waals surface area contributed by atoms with Crippen LogP contribution in [0.1, 0.15) is 16.1 Å². The molecule has 112 valence electrons. The first kappa shape index (κ1) is 14.0. The highest BCUT2D eigenvalue weighted by Gasteiger charge is 2.39. The zero-order chi connectivity index (χ0) is 15.2. The Balaban J connectivity index is 1.94. The molecule has 1 aliphatic heterocycles. The van der Waals surface area contributed by atoms with Crippen molar-refractivity contribution in [2.24, 2.45) is 5.73 Å². The Morgan fingerprint density at radius 2 is 2.14 bits per heavy atom. The van der Waals surface area contributed by atoms with Gasteiger partial charge >= 0.3 is 0 Å². The summed E-state index contributed by atoms with van der Waals surface area (Å²) in [5.41, 5.74) is 5.38. The predicted octanol–water partition coefficient (Wildman–Crippen LogP) is 1.21. The van der Waals surface area contributed by atoms with Gasteiger partial charge in [0.1, 0.15) is 5.69 Å². The zero-order valence-corrected chi connectivity index (χ0v) is 11.4. The van der Waals surface area contributed by atoms with E-state index in [0.717, 1.165) is 0 Å². The van der Waals surface area contributed by atoms with E-state index < -0.39 is 23.1 Å². The molecule has 1 aromatic heterocycles. The van der Waals surface area contributed by atoms with Crippen LogP contribution in [0.3, 0.4) is 0 Å². The van der Waals surface area contributed by atoms with Gasteiger partial charge in [-0.2, -0.15) is 0 Å². The molecule has 0 atom stereocenters. The lowest BCUT2D eigenvalue weighted by molar-refractivity contribution is -0.0642. The van der Waals surface area contributed by atoms with Gasteiger partial charge in [-0.3, -0.25) is 4.79 Å². The van der Waals surface area contributed by atoms with Crippen molar-refractivity contribution < 1.29 is 18.3 Å². The Labute approximate surface area is 119 Å². The van der Waals surface area contributed by atoms with Crippen molar-refractivity contribution in [3.05, 3.63) is 35.0 Å². The fraction of sp³-hybridized carbons (Fsp3) is 0.357. The molecule has 0 unspecified atom stereocenters. The normalized spacial score (nSPS) is 16.8. The number of carbonyl (C=O) groups is 1. The summed E-state index contributed by atoms with van der Waals surface area (Å²) in [5, 5.41) is 3.22. The van der Waals surface area contributed by atoms with Crippen LogP contribution in [0.4, 0.5) is 8.78 Å². The van der Waals surface area contributed by atoms with E-state index in [0.29, 0.717) is 18.6 Å². The molecule has 3 rings (SSSR count). The van der Waals surface area contributed by atoms with Crippen LogP contribution in [-0.4, -0.2) is 36.2 Å².